The van der Waals surface area contributed by atoms with Crippen LogP contribution in [0.1, 0.15) is 54.3 Å². The molecular weight excluding hydrogens is 604 g/mol. The van der Waals surface area contributed by atoms with Gasteiger partial charge in [-0.1, -0.05) is 23.7 Å². The molecule has 2 aromatic carbocycles. The van der Waals surface area contributed by atoms with Gasteiger partial charge in [-0.2, -0.15) is 4.31 Å². The maximum Gasteiger partial charge on any atom is 0.410 e. The summed E-state index contributed by atoms with van der Waals surface area (Å²) in [4.78, 5) is 28.9. The van der Waals surface area contributed by atoms with Gasteiger partial charge in [-0.05, 0) is 80.1 Å². The van der Waals surface area contributed by atoms with Crippen LogP contribution in [0, 0.1) is 11.6 Å². The summed E-state index contributed by atoms with van der Waals surface area (Å²) in [6.07, 6.45) is 3.15. The summed E-state index contributed by atoms with van der Waals surface area (Å²) in [5, 5.41) is -0.272. The number of piperazine rings is 1. The van der Waals surface area contributed by atoms with Crippen molar-refractivity contribution in [3.63, 3.8) is 0 Å². The molecule has 3 aromatic rings. The molecule has 0 bridgehead atoms. The lowest BCUT2D eigenvalue weighted by Gasteiger charge is -2.45. The predicted molar refractivity (Wildman–Crippen MR) is 152 cm³/mol. The number of hydrogen-bond acceptors (Lipinski definition) is 6. The molecule has 0 unspecified atom stereocenters. The smallest absolute Gasteiger partial charge is 0.410 e. The molecule has 13 heteroatoms. The van der Waals surface area contributed by atoms with Crippen LogP contribution in [0.5, 0.6) is 0 Å². The minimum atomic E-state index is -4.36. The third-order valence-electron chi connectivity index (χ3n) is 8.45. The SMILES string of the molecule is O=C(OC1([C@H]2CCC[C@@H](c3cccc(F)c3)N2S(=O)(=O)c2ccc(F)cc2Cl)CC1)N1CCN(C(=O)c2ccco2)CC1. The second-order valence-corrected chi connectivity index (χ2v) is 13.3. The van der Waals surface area contributed by atoms with E-state index in [2.05, 4.69) is 0 Å². The minimum absolute atomic E-state index is 0.223. The molecule has 2 aliphatic heterocycles. The van der Waals surface area contributed by atoms with Crippen molar-refractivity contribution < 1.29 is 35.9 Å². The van der Waals surface area contributed by atoms with Crippen LogP contribution < -0.4 is 0 Å². The lowest BCUT2D eigenvalue weighted by atomic mass is 9.90. The van der Waals surface area contributed by atoms with Crippen molar-refractivity contribution in [3.05, 3.63) is 88.8 Å². The Labute approximate surface area is 253 Å². The summed E-state index contributed by atoms with van der Waals surface area (Å²) in [7, 11) is -4.36. The normalized spacial score (nSPS) is 22.3. The van der Waals surface area contributed by atoms with Gasteiger partial charge in [0.1, 0.15) is 22.1 Å². The van der Waals surface area contributed by atoms with Gasteiger partial charge in [0.05, 0.1) is 23.4 Å². The fourth-order valence-electron chi connectivity index (χ4n) is 6.14. The van der Waals surface area contributed by atoms with E-state index < -0.39 is 45.4 Å². The molecule has 3 aliphatic rings. The largest absolute Gasteiger partial charge is 0.459 e. The number of amides is 2. The standard InChI is InChI=1S/C30H30ClF2N3O6S/c31-23-19-22(33)9-10-26(23)43(39,40)36-24(20-4-1-5-21(32)18-20)6-2-8-27(36)30(11-12-30)42-29(38)35-15-13-34(14-16-35)28(37)25-7-3-17-41-25/h1,3-5,7,9-10,17-19,24,27H,2,6,8,11-16H2/t24-,27+/m0/s1. The van der Waals surface area contributed by atoms with E-state index in [4.69, 9.17) is 20.8 Å². The summed E-state index contributed by atoms with van der Waals surface area (Å²) in [5.41, 5.74) is -0.630. The number of carbonyl (C=O) groups excluding carboxylic acids is 2. The van der Waals surface area contributed by atoms with Crippen LogP contribution in [0.25, 0.3) is 0 Å². The second kappa shape index (κ2) is 11.5. The maximum absolute atomic E-state index is 14.3. The van der Waals surface area contributed by atoms with Gasteiger partial charge < -0.3 is 19.0 Å². The first kappa shape index (κ1) is 29.6. The molecule has 2 atom stereocenters. The van der Waals surface area contributed by atoms with E-state index in [1.807, 2.05) is 0 Å². The predicted octanol–water partition coefficient (Wildman–Crippen LogP) is 5.62. The molecule has 0 radical (unpaired) electrons. The highest BCUT2D eigenvalue weighted by Gasteiger charge is 2.60. The first-order valence-electron chi connectivity index (χ1n) is 14.1. The number of ether oxygens (including phenoxy) is 1. The quantitative estimate of drug-likeness (QED) is 0.349. The van der Waals surface area contributed by atoms with Crippen molar-refractivity contribution in [2.75, 3.05) is 26.2 Å². The highest BCUT2D eigenvalue weighted by atomic mass is 35.5. The Bertz CT molecular complexity index is 1620. The number of nitrogens with zero attached hydrogens (tertiary/aromatic N) is 3. The molecule has 43 heavy (non-hydrogen) atoms. The van der Waals surface area contributed by atoms with Crippen molar-refractivity contribution in [2.24, 2.45) is 0 Å². The highest BCUT2D eigenvalue weighted by molar-refractivity contribution is 7.89. The fraction of sp³-hybridized carbons (Fsp3) is 0.400. The van der Waals surface area contributed by atoms with Gasteiger partial charge in [0, 0.05) is 26.2 Å². The lowest BCUT2D eigenvalue weighted by molar-refractivity contribution is -0.0136. The molecule has 228 valence electrons. The lowest BCUT2D eigenvalue weighted by Crippen LogP contribution is -2.56. The molecule has 3 fully saturated rings. The topological polar surface area (TPSA) is 100 Å². The number of sulfonamides is 1. The first-order chi connectivity index (χ1) is 20.6. The Morgan fingerprint density at radius 2 is 1.65 bits per heavy atom. The van der Waals surface area contributed by atoms with Crippen LogP contribution in [0.15, 0.2) is 70.2 Å². The highest BCUT2D eigenvalue weighted by Crippen LogP contribution is 2.53. The molecule has 2 saturated heterocycles. The first-order valence-corrected chi connectivity index (χ1v) is 16.0. The molecule has 2 amide bonds. The van der Waals surface area contributed by atoms with Gasteiger partial charge >= 0.3 is 6.09 Å². The summed E-state index contributed by atoms with van der Waals surface area (Å²) in [6, 6.07) is 10.6. The van der Waals surface area contributed by atoms with Gasteiger partial charge in [0.2, 0.25) is 10.0 Å². The summed E-state index contributed by atoms with van der Waals surface area (Å²) >= 11 is 6.25. The minimum Gasteiger partial charge on any atom is -0.459 e. The van der Waals surface area contributed by atoms with E-state index in [1.165, 1.54) is 33.7 Å². The molecule has 9 nitrogen and oxygen atoms in total. The molecule has 1 aromatic heterocycles. The van der Waals surface area contributed by atoms with E-state index in [9.17, 15) is 26.8 Å². The number of halogens is 3. The number of hydrogen-bond donors (Lipinski definition) is 0. The van der Waals surface area contributed by atoms with Crippen LogP contribution in [0.3, 0.4) is 0 Å². The molecule has 1 saturated carbocycles. The number of piperidine rings is 1. The Morgan fingerprint density at radius 3 is 2.30 bits per heavy atom. The van der Waals surface area contributed by atoms with E-state index in [0.717, 1.165) is 18.2 Å². The number of furan rings is 1. The van der Waals surface area contributed by atoms with E-state index in [-0.39, 0.29) is 47.8 Å². The van der Waals surface area contributed by atoms with Crippen LogP contribution in [0.2, 0.25) is 5.02 Å². The van der Waals surface area contributed by atoms with Crippen molar-refractivity contribution in [3.8, 4) is 0 Å². The number of rotatable bonds is 6. The molecule has 3 heterocycles. The van der Waals surface area contributed by atoms with Gasteiger partial charge in [0.25, 0.3) is 5.91 Å². The third-order valence-corrected chi connectivity index (χ3v) is 10.9. The van der Waals surface area contributed by atoms with E-state index in [1.54, 1.807) is 23.1 Å². The van der Waals surface area contributed by atoms with Gasteiger partial charge in [0.15, 0.2) is 5.76 Å². The zero-order valence-electron chi connectivity index (χ0n) is 23.1. The van der Waals surface area contributed by atoms with Crippen molar-refractivity contribution in [1.29, 1.82) is 0 Å². The summed E-state index contributed by atoms with van der Waals surface area (Å²) in [5.74, 6) is -1.23. The summed E-state index contributed by atoms with van der Waals surface area (Å²) in [6.45, 7) is 1.06. The average molecular weight is 634 g/mol. The van der Waals surface area contributed by atoms with Gasteiger partial charge in [-0.3, -0.25) is 4.79 Å². The van der Waals surface area contributed by atoms with Gasteiger partial charge in [-0.15, -0.1) is 0 Å². The van der Waals surface area contributed by atoms with E-state index >= 15 is 0 Å². The Kier molecular flexibility index (Phi) is 7.95. The Morgan fingerprint density at radius 1 is 0.930 bits per heavy atom. The van der Waals surface area contributed by atoms with Crippen LogP contribution >= 0.6 is 11.6 Å². The van der Waals surface area contributed by atoms with Crippen LogP contribution in [0.4, 0.5) is 13.6 Å². The Balaban J connectivity index is 1.26. The zero-order chi connectivity index (χ0) is 30.4. The van der Waals surface area contributed by atoms with Crippen LogP contribution in [-0.4, -0.2) is 72.3 Å². The Hall–Kier alpha value is -3.48. The second-order valence-electron chi connectivity index (χ2n) is 11.1. The van der Waals surface area contributed by atoms with Crippen molar-refractivity contribution in [2.45, 2.75) is 54.7 Å². The number of benzene rings is 2. The van der Waals surface area contributed by atoms with Gasteiger partial charge in [-0.25, -0.2) is 22.0 Å². The van der Waals surface area contributed by atoms with E-state index in [0.29, 0.717) is 37.7 Å². The molecular formula is C30H30ClF2N3O6S. The number of carbonyl (C=O) groups is 2. The summed E-state index contributed by atoms with van der Waals surface area (Å²) < 4.78 is 69.4. The fourth-order valence-corrected chi connectivity index (χ4v) is 8.57. The third kappa shape index (κ3) is 5.75. The van der Waals surface area contributed by atoms with Crippen molar-refractivity contribution >= 4 is 33.6 Å². The zero-order valence-corrected chi connectivity index (χ0v) is 24.7. The van der Waals surface area contributed by atoms with Crippen molar-refractivity contribution in [1.82, 2.24) is 14.1 Å². The molecule has 1 aliphatic carbocycles. The monoisotopic (exact) mass is 633 g/mol. The van der Waals surface area contributed by atoms with Crippen LogP contribution in [-0.2, 0) is 14.8 Å². The average Bonchev–Trinajstić information content (AvgIpc) is 3.56. The maximum atomic E-state index is 14.3. The molecule has 0 spiro atoms. The molecule has 6 rings (SSSR count). The molecule has 0 N–H and O–H groups in total.